The van der Waals surface area contributed by atoms with Crippen LogP contribution in [0.3, 0.4) is 0 Å². The molecule has 0 saturated heterocycles. The molecule has 0 aliphatic carbocycles. The second-order valence-electron chi connectivity index (χ2n) is 5.09. The Kier molecular flexibility index (Phi) is 7.02. The highest BCUT2D eigenvalue weighted by Crippen LogP contribution is 2.37. The molecule has 0 aliphatic heterocycles. The van der Waals surface area contributed by atoms with Crippen LogP contribution in [0.15, 0.2) is 66.7 Å². The van der Waals surface area contributed by atoms with Crippen molar-refractivity contribution >= 4 is 66.9 Å². The lowest BCUT2D eigenvalue weighted by Gasteiger charge is -2.02. The number of thioether (sulfide) groups is 2. The standard InChI is InChI=1S/C18H12Br2N2S3/c19-14-5-1-12(2-6-14)10-23-17-16(9-21)18(25-22-17)24-11-13-3-7-15(20)8-4-13/h1-8H,10-11H2. The molecule has 126 valence electrons. The predicted octanol–water partition coefficient (Wildman–Crippen LogP) is 7.12. The maximum atomic E-state index is 9.53. The quantitative estimate of drug-likeness (QED) is 0.330. The average Bonchev–Trinajstić information content (AvgIpc) is 3.02. The Morgan fingerprint density at radius 3 is 1.92 bits per heavy atom. The Balaban J connectivity index is 1.65. The van der Waals surface area contributed by atoms with Gasteiger partial charge >= 0.3 is 0 Å². The van der Waals surface area contributed by atoms with Gasteiger partial charge < -0.3 is 0 Å². The molecule has 0 fully saturated rings. The molecule has 0 atom stereocenters. The van der Waals surface area contributed by atoms with Gasteiger partial charge in [-0.15, -0.1) is 11.8 Å². The van der Waals surface area contributed by atoms with E-state index < -0.39 is 0 Å². The van der Waals surface area contributed by atoms with Gasteiger partial charge in [-0.2, -0.15) is 9.64 Å². The van der Waals surface area contributed by atoms with Crippen LogP contribution in [0.25, 0.3) is 0 Å². The number of nitrogens with zero attached hydrogens (tertiary/aromatic N) is 2. The lowest BCUT2D eigenvalue weighted by Crippen LogP contribution is -1.84. The van der Waals surface area contributed by atoms with E-state index in [1.165, 1.54) is 22.7 Å². The van der Waals surface area contributed by atoms with Gasteiger partial charge in [0.1, 0.15) is 16.7 Å². The van der Waals surface area contributed by atoms with Crippen LogP contribution >= 0.6 is 66.9 Å². The van der Waals surface area contributed by atoms with Gasteiger partial charge in [0.15, 0.2) is 0 Å². The van der Waals surface area contributed by atoms with Crippen LogP contribution in [-0.2, 0) is 11.5 Å². The number of aromatic nitrogens is 1. The summed E-state index contributed by atoms with van der Waals surface area (Å²) in [6, 6.07) is 18.8. The fraction of sp³-hybridized carbons (Fsp3) is 0.111. The van der Waals surface area contributed by atoms with Crippen LogP contribution in [0, 0.1) is 11.3 Å². The highest BCUT2D eigenvalue weighted by molar-refractivity contribution is 9.10. The van der Waals surface area contributed by atoms with Crippen molar-refractivity contribution in [1.82, 2.24) is 4.37 Å². The van der Waals surface area contributed by atoms with Gasteiger partial charge in [0.25, 0.3) is 0 Å². The average molecular weight is 512 g/mol. The number of benzene rings is 2. The molecule has 0 bridgehead atoms. The van der Waals surface area contributed by atoms with Crippen LogP contribution in [-0.4, -0.2) is 4.37 Å². The van der Waals surface area contributed by atoms with E-state index in [1.807, 2.05) is 24.3 Å². The maximum Gasteiger partial charge on any atom is 0.129 e. The van der Waals surface area contributed by atoms with E-state index in [4.69, 9.17) is 0 Å². The van der Waals surface area contributed by atoms with E-state index in [1.54, 1.807) is 23.5 Å². The number of halogens is 2. The Morgan fingerprint density at radius 2 is 1.40 bits per heavy atom. The molecular weight excluding hydrogens is 500 g/mol. The van der Waals surface area contributed by atoms with Crippen molar-refractivity contribution in [2.45, 2.75) is 20.7 Å². The normalized spacial score (nSPS) is 10.6. The smallest absolute Gasteiger partial charge is 0.129 e. The molecule has 0 saturated carbocycles. The summed E-state index contributed by atoms with van der Waals surface area (Å²) >= 11 is 11.6. The Bertz CT molecular complexity index is 817. The molecule has 1 heterocycles. The Labute approximate surface area is 176 Å². The Morgan fingerprint density at radius 1 is 0.880 bits per heavy atom. The van der Waals surface area contributed by atoms with Gasteiger partial charge in [-0.1, -0.05) is 67.9 Å². The molecule has 25 heavy (non-hydrogen) atoms. The Hall–Kier alpha value is -0.780. The van der Waals surface area contributed by atoms with Gasteiger partial charge in [0.2, 0.25) is 0 Å². The monoisotopic (exact) mass is 510 g/mol. The zero-order valence-corrected chi connectivity index (χ0v) is 18.5. The summed E-state index contributed by atoms with van der Waals surface area (Å²) in [7, 11) is 0. The first-order valence-electron chi connectivity index (χ1n) is 7.30. The third kappa shape index (κ3) is 5.35. The summed E-state index contributed by atoms with van der Waals surface area (Å²) in [5, 5.41) is 10.4. The first-order valence-corrected chi connectivity index (χ1v) is 11.6. The minimum Gasteiger partial charge on any atom is -0.192 e. The van der Waals surface area contributed by atoms with Crippen molar-refractivity contribution in [2.75, 3.05) is 0 Å². The van der Waals surface area contributed by atoms with Crippen molar-refractivity contribution in [3.63, 3.8) is 0 Å². The highest BCUT2D eigenvalue weighted by Gasteiger charge is 2.15. The molecule has 1 aromatic heterocycles. The zero-order valence-electron chi connectivity index (χ0n) is 12.9. The van der Waals surface area contributed by atoms with Crippen molar-refractivity contribution in [1.29, 1.82) is 5.26 Å². The fourth-order valence-corrected chi connectivity index (χ4v) is 5.55. The van der Waals surface area contributed by atoms with Gasteiger partial charge in [-0.05, 0) is 46.9 Å². The number of nitriles is 1. The van der Waals surface area contributed by atoms with Gasteiger partial charge in [0, 0.05) is 20.5 Å². The van der Waals surface area contributed by atoms with Gasteiger partial charge in [-0.25, -0.2) is 0 Å². The van der Waals surface area contributed by atoms with E-state index in [0.29, 0.717) is 5.56 Å². The minimum atomic E-state index is 0.703. The topological polar surface area (TPSA) is 36.7 Å². The summed E-state index contributed by atoms with van der Waals surface area (Å²) in [5.74, 6) is 1.64. The largest absolute Gasteiger partial charge is 0.192 e. The van der Waals surface area contributed by atoms with Crippen molar-refractivity contribution in [3.8, 4) is 6.07 Å². The zero-order chi connectivity index (χ0) is 17.6. The molecule has 0 aliphatic rings. The first kappa shape index (κ1) is 19.0. The van der Waals surface area contributed by atoms with Crippen molar-refractivity contribution < 1.29 is 0 Å². The van der Waals surface area contributed by atoms with Crippen LogP contribution < -0.4 is 0 Å². The maximum absolute atomic E-state index is 9.53. The van der Waals surface area contributed by atoms with E-state index in [2.05, 4.69) is 66.6 Å². The lowest BCUT2D eigenvalue weighted by atomic mass is 10.2. The van der Waals surface area contributed by atoms with E-state index in [-0.39, 0.29) is 0 Å². The van der Waals surface area contributed by atoms with E-state index in [9.17, 15) is 5.26 Å². The summed E-state index contributed by atoms with van der Waals surface area (Å²) in [6.45, 7) is 0. The molecule has 0 spiro atoms. The molecule has 3 rings (SSSR count). The van der Waals surface area contributed by atoms with Crippen molar-refractivity contribution in [2.24, 2.45) is 0 Å². The second kappa shape index (κ2) is 9.24. The molecule has 2 aromatic carbocycles. The second-order valence-corrected chi connectivity index (χ2v) is 9.91. The van der Waals surface area contributed by atoms with Gasteiger partial charge in [0.05, 0.1) is 4.21 Å². The third-order valence-corrected chi connectivity index (χ3v) is 7.70. The molecule has 7 heteroatoms. The first-order chi connectivity index (χ1) is 12.2. The number of rotatable bonds is 6. The molecule has 0 amide bonds. The summed E-state index contributed by atoms with van der Waals surface area (Å²) in [4.78, 5) is 0. The fourth-order valence-electron chi connectivity index (χ4n) is 2.01. The van der Waals surface area contributed by atoms with Crippen molar-refractivity contribution in [3.05, 3.63) is 74.2 Å². The summed E-state index contributed by atoms with van der Waals surface area (Å²) < 4.78 is 7.62. The lowest BCUT2D eigenvalue weighted by molar-refractivity contribution is 1.22. The van der Waals surface area contributed by atoms with Crippen LogP contribution in [0.1, 0.15) is 16.7 Å². The number of hydrogen-bond acceptors (Lipinski definition) is 5. The molecular formula is C18H12Br2N2S3. The van der Waals surface area contributed by atoms with E-state index >= 15 is 0 Å². The highest BCUT2D eigenvalue weighted by atomic mass is 79.9. The van der Waals surface area contributed by atoms with Gasteiger partial charge in [-0.3, -0.25) is 0 Å². The summed E-state index contributed by atoms with van der Waals surface area (Å²) in [6.07, 6.45) is 0. The van der Waals surface area contributed by atoms with Crippen LogP contribution in [0.2, 0.25) is 0 Å². The predicted molar refractivity (Wildman–Crippen MR) is 114 cm³/mol. The van der Waals surface area contributed by atoms with E-state index in [0.717, 1.165) is 29.7 Å². The molecule has 0 N–H and O–H groups in total. The molecule has 2 nitrogen and oxygen atoms in total. The summed E-state index contributed by atoms with van der Waals surface area (Å²) in [5.41, 5.74) is 3.15. The molecule has 3 aromatic rings. The SMILES string of the molecule is N#Cc1c(SCc2ccc(Br)cc2)nsc1SCc1ccc(Br)cc1. The minimum absolute atomic E-state index is 0.703. The third-order valence-electron chi connectivity index (χ3n) is 3.31. The molecule has 0 radical (unpaired) electrons. The molecule has 0 unspecified atom stereocenters. The van der Waals surface area contributed by atoms with Crippen LogP contribution in [0.5, 0.6) is 0 Å². The van der Waals surface area contributed by atoms with Crippen LogP contribution in [0.4, 0.5) is 0 Å². The number of hydrogen-bond donors (Lipinski definition) is 0.